The van der Waals surface area contributed by atoms with Crippen LogP contribution >= 0.6 is 27.3 Å². The van der Waals surface area contributed by atoms with Gasteiger partial charge in [0, 0.05) is 19.3 Å². The predicted octanol–water partition coefficient (Wildman–Crippen LogP) is 2.34. The highest BCUT2D eigenvalue weighted by Gasteiger charge is 2.11. The normalized spacial score (nSPS) is 11.7. The Kier molecular flexibility index (Phi) is 4.56. The van der Waals surface area contributed by atoms with E-state index in [2.05, 4.69) is 42.5 Å². The van der Waals surface area contributed by atoms with Gasteiger partial charge in [-0.3, -0.25) is 0 Å². The van der Waals surface area contributed by atoms with Gasteiger partial charge in [-0.05, 0) is 45.9 Å². The minimum Gasteiger partial charge on any atom is -0.409 e. The lowest BCUT2D eigenvalue weighted by atomic mass is 10.3. The van der Waals surface area contributed by atoms with Gasteiger partial charge in [-0.1, -0.05) is 5.16 Å². The molecule has 0 atom stereocenters. The van der Waals surface area contributed by atoms with Crippen molar-refractivity contribution in [3.8, 4) is 0 Å². The van der Waals surface area contributed by atoms with Gasteiger partial charge in [0.1, 0.15) is 5.69 Å². The molecule has 2 rings (SSSR count). The SMILES string of the molecule is Cc1cc(/C(N)=N/O)nc(N(C)Cc2csc(Br)c2)n1. The lowest BCUT2D eigenvalue weighted by Crippen LogP contribution is -2.22. The van der Waals surface area contributed by atoms with E-state index in [-0.39, 0.29) is 5.84 Å². The number of hydrogen-bond donors (Lipinski definition) is 2. The maximum atomic E-state index is 8.73. The van der Waals surface area contributed by atoms with Crippen molar-refractivity contribution in [3.63, 3.8) is 0 Å². The molecule has 0 radical (unpaired) electrons. The Hall–Kier alpha value is -1.67. The number of hydrogen-bond acceptors (Lipinski definition) is 6. The summed E-state index contributed by atoms with van der Waals surface area (Å²) in [6.45, 7) is 2.52. The molecule has 8 heteroatoms. The molecule has 3 N–H and O–H groups in total. The number of aryl methyl sites for hydroxylation is 1. The van der Waals surface area contributed by atoms with E-state index in [0.717, 1.165) is 9.48 Å². The van der Waals surface area contributed by atoms with Crippen molar-refractivity contribution in [2.45, 2.75) is 13.5 Å². The molecule has 0 saturated heterocycles. The van der Waals surface area contributed by atoms with Gasteiger partial charge >= 0.3 is 0 Å². The van der Waals surface area contributed by atoms with Gasteiger partial charge < -0.3 is 15.8 Å². The quantitative estimate of drug-likeness (QED) is 0.380. The van der Waals surface area contributed by atoms with E-state index in [1.54, 1.807) is 17.4 Å². The first-order valence-corrected chi connectivity index (χ1v) is 7.44. The van der Waals surface area contributed by atoms with Gasteiger partial charge in [0.15, 0.2) is 5.84 Å². The monoisotopic (exact) mass is 355 g/mol. The number of oxime groups is 1. The smallest absolute Gasteiger partial charge is 0.226 e. The molecular weight excluding hydrogens is 342 g/mol. The highest BCUT2D eigenvalue weighted by atomic mass is 79.9. The van der Waals surface area contributed by atoms with Crippen molar-refractivity contribution in [1.82, 2.24) is 9.97 Å². The van der Waals surface area contributed by atoms with E-state index in [1.165, 1.54) is 5.56 Å². The zero-order valence-electron chi connectivity index (χ0n) is 11.0. The number of anilines is 1. The van der Waals surface area contributed by atoms with Crippen LogP contribution in [0.4, 0.5) is 5.95 Å². The van der Waals surface area contributed by atoms with Crippen LogP contribution in [0, 0.1) is 6.92 Å². The molecule has 0 bridgehead atoms. The summed E-state index contributed by atoms with van der Waals surface area (Å²) >= 11 is 5.07. The first-order valence-electron chi connectivity index (χ1n) is 5.77. The molecule has 0 aromatic carbocycles. The molecular formula is C12H14BrN5OS. The Balaban J connectivity index is 2.25. The van der Waals surface area contributed by atoms with Crippen LogP contribution in [0.2, 0.25) is 0 Å². The molecule has 0 saturated carbocycles. The number of rotatable bonds is 4. The Bertz CT molecular complexity index is 643. The average Bonchev–Trinajstić information content (AvgIpc) is 2.82. The first kappa shape index (κ1) is 14.7. The number of nitrogens with zero attached hydrogens (tertiary/aromatic N) is 4. The molecule has 0 aliphatic rings. The molecule has 6 nitrogen and oxygen atoms in total. The molecule has 0 amide bonds. The van der Waals surface area contributed by atoms with E-state index >= 15 is 0 Å². The summed E-state index contributed by atoms with van der Waals surface area (Å²) in [6, 6.07) is 3.73. The van der Waals surface area contributed by atoms with Gasteiger partial charge in [-0.2, -0.15) is 0 Å². The largest absolute Gasteiger partial charge is 0.409 e. The Morgan fingerprint density at radius 1 is 1.50 bits per heavy atom. The highest BCUT2D eigenvalue weighted by molar-refractivity contribution is 9.11. The molecule has 0 aliphatic carbocycles. The fraction of sp³-hybridized carbons (Fsp3) is 0.250. The lowest BCUT2D eigenvalue weighted by molar-refractivity contribution is 0.318. The van der Waals surface area contributed by atoms with Crippen molar-refractivity contribution in [2.75, 3.05) is 11.9 Å². The molecule has 106 valence electrons. The third kappa shape index (κ3) is 3.45. The predicted molar refractivity (Wildman–Crippen MR) is 83.4 cm³/mol. The molecule has 2 heterocycles. The van der Waals surface area contributed by atoms with Crippen LogP contribution in [0.5, 0.6) is 0 Å². The second-order valence-electron chi connectivity index (χ2n) is 4.29. The van der Waals surface area contributed by atoms with E-state index in [1.807, 2.05) is 18.9 Å². The minimum atomic E-state index is -0.0246. The fourth-order valence-electron chi connectivity index (χ4n) is 1.68. The summed E-state index contributed by atoms with van der Waals surface area (Å²) in [5, 5.41) is 13.8. The summed E-state index contributed by atoms with van der Waals surface area (Å²) in [7, 11) is 1.90. The van der Waals surface area contributed by atoms with Crippen LogP contribution in [-0.4, -0.2) is 28.1 Å². The van der Waals surface area contributed by atoms with Gasteiger partial charge in [0.2, 0.25) is 5.95 Å². The Morgan fingerprint density at radius 3 is 2.85 bits per heavy atom. The van der Waals surface area contributed by atoms with E-state index < -0.39 is 0 Å². The summed E-state index contributed by atoms with van der Waals surface area (Å²) in [5.41, 5.74) is 7.91. The minimum absolute atomic E-state index is 0.0246. The third-order valence-electron chi connectivity index (χ3n) is 2.60. The van der Waals surface area contributed by atoms with Gasteiger partial charge in [-0.15, -0.1) is 11.3 Å². The van der Waals surface area contributed by atoms with Crippen LogP contribution in [0.15, 0.2) is 26.5 Å². The summed E-state index contributed by atoms with van der Waals surface area (Å²) in [5.74, 6) is 0.511. The van der Waals surface area contributed by atoms with Crippen molar-refractivity contribution >= 4 is 39.1 Å². The molecule has 20 heavy (non-hydrogen) atoms. The lowest BCUT2D eigenvalue weighted by Gasteiger charge is -2.17. The summed E-state index contributed by atoms with van der Waals surface area (Å²) in [6.07, 6.45) is 0. The number of amidine groups is 1. The summed E-state index contributed by atoms with van der Waals surface area (Å²) in [4.78, 5) is 10.6. The average molecular weight is 356 g/mol. The maximum Gasteiger partial charge on any atom is 0.226 e. The topological polar surface area (TPSA) is 87.6 Å². The van der Waals surface area contributed by atoms with Crippen LogP contribution in [0.1, 0.15) is 17.0 Å². The number of aromatic nitrogens is 2. The van der Waals surface area contributed by atoms with Crippen molar-refractivity contribution in [2.24, 2.45) is 10.9 Å². The zero-order chi connectivity index (χ0) is 14.7. The van der Waals surface area contributed by atoms with Crippen molar-refractivity contribution in [3.05, 3.63) is 38.3 Å². The van der Waals surface area contributed by atoms with Gasteiger partial charge in [-0.25, -0.2) is 9.97 Å². The Labute approximate surface area is 129 Å². The molecule has 0 unspecified atom stereocenters. The molecule has 0 fully saturated rings. The van der Waals surface area contributed by atoms with Gasteiger partial charge in [0.25, 0.3) is 0 Å². The molecule has 0 aliphatic heterocycles. The van der Waals surface area contributed by atoms with E-state index in [4.69, 9.17) is 10.9 Å². The second kappa shape index (κ2) is 6.19. The van der Waals surface area contributed by atoms with Crippen molar-refractivity contribution < 1.29 is 5.21 Å². The van der Waals surface area contributed by atoms with E-state index in [0.29, 0.717) is 18.2 Å². The first-order chi connectivity index (χ1) is 9.49. The Morgan fingerprint density at radius 2 is 2.25 bits per heavy atom. The van der Waals surface area contributed by atoms with Crippen molar-refractivity contribution in [1.29, 1.82) is 0 Å². The molecule has 2 aromatic rings. The van der Waals surface area contributed by atoms with Crippen LogP contribution in [-0.2, 0) is 6.54 Å². The van der Waals surface area contributed by atoms with Crippen LogP contribution in [0.3, 0.4) is 0 Å². The van der Waals surface area contributed by atoms with E-state index in [9.17, 15) is 0 Å². The number of halogens is 1. The standard InChI is InChI=1S/C12H14BrN5OS/c1-7-3-9(11(14)17-19)16-12(15-7)18(2)5-8-4-10(13)20-6-8/h3-4,6,19H,5H2,1-2H3,(H2,14,17). The molecule has 2 aromatic heterocycles. The zero-order valence-corrected chi connectivity index (χ0v) is 13.4. The van der Waals surface area contributed by atoms with Crippen LogP contribution in [0.25, 0.3) is 0 Å². The van der Waals surface area contributed by atoms with Crippen LogP contribution < -0.4 is 10.6 Å². The molecule has 0 spiro atoms. The number of nitrogens with two attached hydrogens (primary N) is 1. The second-order valence-corrected chi connectivity index (χ2v) is 6.59. The maximum absolute atomic E-state index is 8.73. The number of thiophene rings is 1. The summed E-state index contributed by atoms with van der Waals surface area (Å²) < 4.78 is 1.09. The highest BCUT2D eigenvalue weighted by Crippen LogP contribution is 2.22. The van der Waals surface area contributed by atoms with Gasteiger partial charge in [0.05, 0.1) is 3.79 Å². The third-order valence-corrected chi connectivity index (χ3v) is 4.15. The fourth-order valence-corrected chi connectivity index (χ4v) is 2.88.